The molecule has 19 heavy (non-hydrogen) atoms. The molecule has 100 valence electrons. The van der Waals surface area contributed by atoms with Gasteiger partial charge in [0, 0.05) is 16.7 Å². The number of hydrogen-bond donors (Lipinski definition) is 1. The summed E-state index contributed by atoms with van der Waals surface area (Å²) in [5, 5.41) is 4.17. The Hall–Kier alpha value is -0.990. The SMILES string of the molecule is CC(C)c1cccc(NCc2ccc(Br)c(Cl)c2)c1. The Morgan fingerprint density at radius 3 is 2.63 bits per heavy atom. The summed E-state index contributed by atoms with van der Waals surface area (Å²) in [6.45, 7) is 5.18. The largest absolute Gasteiger partial charge is 0.381 e. The van der Waals surface area contributed by atoms with Gasteiger partial charge in [0.25, 0.3) is 0 Å². The highest BCUT2D eigenvalue weighted by atomic mass is 79.9. The van der Waals surface area contributed by atoms with Crippen LogP contribution in [-0.2, 0) is 6.54 Å². The van der Waals surface area contributed by atoms with Gasteiger partial charge < -0.3 is 5.32 Å². The lowest BCUT2D eigenvalue weighted by Crippen LogP contribution is -2.00. The van der Waals surface area contributed by atoms with Crippen LogP contribution in [0, 0.1) is 0 Å². The molecule has 0 aromatic heterocycles. The monoisotopic (exact) mass is 337 g/mol. The van der Waals surface area contributed by atoms with E-state index >= 15 is 0 Å². The fourth-order valence-electron chi connectivity index (χ4n) is 1.86. The van der Waals surface area contributed by atoms with E-state index in [1.54, 1.807) is 0 Å². The molecule has 1 nitrogen and oxygen atoms in total. The van der Waals surface area contributed by atoms with Crippen molar-refractivity contribution in [2.75, 3.05) is 5.32 Å². The zero-order chi connectivity index (χ0) is 13.8. The van der Waals surface area contributed by atoms with E-state index in [0.717, 1.165) is 21.7 Å². The van der Waals surface area contributed by atoms with E-state index in [1.165, 1.54) is 11.1 Å². The Kier molecular flexibility index (Phi) is 4.89. The van der Waals surface area contributed by atoms with Gasteiger partial charge in [-0.3, -0.25) is 0 Å². The number of anilines is 1. The topological polar surface area (TPSA) is 12.0 Å². The van der Waals surface area contributed by atoms with Crippen LogP contribution in [0.1, 0.15) is 30.9 Å². The fourth-order valence-corrected chi connectivity index (χ4v) is 2.31. The highest BCUT2D eigenvalue weighted by molar-refractivity contribution is 9.10. The number of benzene rings is 2. The van der Waals surface area contributed by atoms with Gasteiger partial charge in [-0.25, -0.2) is 0 Å². The molecule has 0 saturated carbocycles. The summed E-state index contributed by atoms with van der Waals surface area (Å²) in [6.07, 6.45) is 0. The van der Waals surface area contributed by atoms with E-state index in [-0.39, 0.29) is 0 Å². The van der Waals surface area contributed by atoms with E-state index in [2.05, 4.69) is 65.4 Å². The molecule has 0 aliphatic carbocycles. The second-order valence-electron chi connectivity index (χ2n) is 4.88. The zero-order valence-electron chi connectivity index (χ0n) is 11.1. The smallest absolute Gasteiger partial charge is 0.0551 e. The van der Waals surface area contributed by atoms with Crippen molar-refractivity contribution in [2.24, 2.45) is 0 Å². The Morgan fingerprint density at radius 1 is 1.16 bits per heavy atom. The molecule has 0 spiro atoms. The van der Waals surface area contributed by atoms with Crippen molar-refractivity contribution in [1.82, 2.24) is 0 Å². The first-order valence-corrected chi connectivity index (χ1v) is 7.51. The number of nitrogens with one attached hydrogen (secondary N) is 1. The summed E-state index contributed by atoms with van der Waals surface area (Å²) in [5.74, 6) is 0.545. The van der Waals surface area contributed by atoms with Crippen LogP contribution in [0.5, 0.6) is 0 Å². The quantitative estimate of drug-likeness (QED) is 0.738. The maximum Gasteiger partial charge on any atom is 0.0551 e. The van der Waals surface area contributed by atoms with Gasteiger partial charge in [0.15, 0.2) is 0 Å². The second kappa shape index (κ2) is 6.44. The van der Waals surface area contributed by atoms with Crippen LogP contribution in [0.4, 0.5) is 5.69 Å². The molecule has 0 amide bonds. The first-order valence-electron chi connectivity index (χ1n) is 6.34. The summed E-state index contributed by atoms with van der Waals surface area (Å²) >= 11 is 9.49. The zero-order valence-corrected chi connectivity index (χ0v) is 13.4. The minimum atomic E-state index is 0.545. The molecule has 0 unspecified atom stereocenters. The molecule has 1 N–H and O–H groups in total. The molecule has 0 radical (unpaired) electrons. The molecule has 2 aromatic rings. The van der Waals surface area contributed by atoms with Gasteiger partial charge in [-0.05, 0) is 57.2 Å². The Morgan fingerprint density at radius 2 is 1.95 bits per heavy atom. The average Bonchev–Trinajstić information content (AvgIpc) is 2.40. The van der Waals surface area contributed by atoms with Gasteiger partial charge in [-0.2, -0.15) is 0 Å². The third-order valence-electron chi connectivity index (χ3n) is 3.03. The molecule has 2 aromatic carbocycles. The number of rotatable bonds is 4. The van der Waals surface area contributed by atoms with E-state index in [0.29, 0.717) is 5.92 Å². The molecule has 0 aliphatic heterocycles. The van der Waals surface area contributed by atoms with Gasteiger partial charge in [0.2, 0.25) is 0 Å². The first-order chi connectivity index (χ1) is 9.06. The van der Waals surface area contributed by atoms with E-state index in [4.69, 9.17) is 11.6 Å². The lowest BCUT2D eigenvalue weighted by Gasteiger charge is -2.11. The normalized spacial score (nSPS) is 10.8. The molecule has 0 atom stereocenters. The predicted molar refractivity (Wildman–Crippen MR) is 87.0 cm³/mol. The third-order valence-corrected chi connectivity index (χ3v) is 4.27. The lowest BCUT2D eigenvalue weighted by atomic mass is 10.0. The Balaban J connectivity index is 2.05. The first kappa shape index (κ1) is 14.4. The number of halogens is 2. The lowest BCUT2D eigenvalue weighted by molar-refractivity contribution is 0.866. The van der Waals surface area contributed by atoms with Crippen molar-refractivity contribution in [1.29, 1.82) is 0 Å². The predicted octanol–water partition coefficient (Wildman–Crippen LogP) is 5.84. The molecular weight excluding hydrogens is 322 g/mol. The van der Waals surface area contributed by atoms with Gasteiger partial charge in [-0.1, -0.05) is 43.6 Å². The fraction of sp³-hybridized carbons (Fsp3) is 0.250. The molecule has 0 bridgehead atoms. The van der Waals surface area contributed by atoms with Crippen LogP contribution in [0.2, 0.25) is 5.02 Å². The van der Waals surface area contributed by atoms with Crippen LogP contribution < -0.4 is 5.32 Å². The Labute approximate surface area is 128 Å². The maximum atomic E-state index is 6.09. The minimum Gasteiger partial charge on any atom is -0.381 e. The van der Waals surface area contributed by atoms with Crippen molar-refractivity contribution >= 4 is 33.2 Å². The summed E-state index contributed by atoms with van der Waals surface area (Å²) in [5.41, 5.74) is 3.66. The molecule has 0 aliphatic rings. The van der Waals surface area contributed by atoms with Crippen LogP contribution in [-0.4, -0.2) is 0 Å². The van der Waals surface area contributed by atoms with Crippen molar-refractivity contribution < 1.29 is 0 Å². The standard InChI is InChI=1S/C16H17BrClN/c1-11(2)13-4-3-5-14(9-13)19-10-12-6-7-15(17)16(18)8-12/h3-9,11,19H,10H2,1-2H3. The van der Waals surface area contributed by atoms with Crippen LogP contribution in [0.15, 0.2) is 46.9 Å². The number of hydrogen-bond acceptors (Lipinski definition) is 1. The molecule has 0 fully saturated rings. The van der Waals surface area contributed by atoms with Gasteiger partial charge in [0.05, 0.1) is 5.02 Å². The van der Waals surface area contributed by atoms with Crippen molar-refractivity contribution in [3.63, 3.8) is 0 Å². The molecule has 3 heteroatoms. The molecular formula is C16H17BrClN. The molecule has 0 saturated heterocycles. The third kappa shape index (κ3) is 3.99. The van der Waals surface area contributed by atoms with E-state index < -0.39 is 0 Å². The highest BCUT2D eigenvalue weighted by Crippen LogP contribution is 2.24. The van der Waals surface area contributed by atoms with Crippen LogP contribution >= 0.6 is 27.5 Å². The van der Waals surface area contributed by atoms with Gasteiger partial charge in [0.1, 0.15) is 0 Å². The van der Waals surface area contributed by atoms with Gasteiger partial charge in [-0.15, -0.1) is 0 Å². The van der Waals surface area contributed by atoms with Gasteiger partial charge >= 0.3 is 0 Å². The highest BCUT2D eigenvalue weighted by Gasteiger charge is 2.02. The van der Waals surface area contributed by atoms with Crippen molar-refractivity contribution in [3.8, 4) is 0 Å². The van der Waals surface area contributed by atoms with Crippen LogP contribution in [0.3, 0.4) is 0 Å². The minimum absolute atomic E-state index is 0.545. The van der Waals surface area contributed by atoms with E-state index in [9.17, 15) is 0 Å². The van der Waals surface area contributed by atoms with Crippen molar-refractivity contribution in [2.45, 2.75) is 26.3 Å². The summed E-state index contributed by atoms with van der Waals surface area (Å²) in [7, 11) is 0. The van der Waals surface area contributed by atoms with Crippen molar-refractivity contribution in [3.05, 3.63) is 63.1 Å². The Bertz CT molecular complexity index is 566. The summed E-state index contributed by atoms with van der Waals surface area (Å²) < 4.78 is 0.930. The van der Waals surface area contributed by atoms with Crippen LogP contribution in [0.25, 0.3) is 0 Å². The maximum absolute atomic E-state index is 6.09. The molecule has 2 rings (SSSR count). The summed E-state index contributed by atoms with van der Waals surface area (Å²) in [6, 6.07) is 14.6. The summed E-state index contributed by atoms with van der Waals surface area (Å²) in [4.78, 5) is 0. The average molecular weight is 339 g/mol. The van der Waals surface area contributed by atoms with E-state index in [1.807, 2.05) is 12.1 Å². The second-order valence-corrected chi connectivity index (χ2v) is 6.14. The molecule has 0 heterocycles.